The maximum atomic E-state index is 11.7. The van der Waals surface area contributed by atoms with Gasteiger partial charge in [0.15, 0.2) is 0 Å². The number of rotatable bonds is 4. The molecule has 1 amide bonds. The SMILES string of the molecule is COC(=O)c1ccc(NC2CC(NC(=O)OC(C)(C)C)C2)cc1. The fourth-order valence-corrected chi connectivity index (χ4v) is 2.38. The molecule has 1 aliphatic rings. The Labute approximate surface area is 136 Å². The van der Waals surface area contributed by atoms with Crippen LogP contribution in [0.5, 0.6) is 0 Å². The van der Waals surface area contributed by atoms with Crippen molar-refractivity contribution < 1.29 is 19.1 Å². The van der Waals surface area contributed by atoms with Crippen LogP contribution in [0.3, 0.4) is 0 Å². The van der Waals surface area contributed by atoms with Gasteiger partial charge >= 0.3 is 12.1 Å². The Kier molecular flexibility index (Phi) is 5.13. The highest BCUT2D eigenvalue weighted by Crippen LogP contribution is 2.25. The quantitative estimate of drug-likeness (QED) is 0.834. The first kappa shape index (κ1) is 17.1. The minimum Gasteiger partial charge on any atom is -0.465 e. The summed E-state index contributed by atoms with van der Waals surface area (Å²) in [7, 11) is 1.36. The number of nitrogens with one attached hydrogen (secondary N) is 2. The number of hydrogen-bond donors (Lipinski definition) is 2. The minimum absolute atomic E-state index is 0.136. The molecule has 6 nitrogen and oxygen atoms in total. The van der Waals surface area contributed by atoms with Gasteiger partial charge in [0.1, 0.15) is 5.60 Å². The average Bonchev–Trinajstić information content (AvgIpc) is 2.43. The van der Waals surface area contributed by atoms with Gasteiger partial charge in [0, 0.05) is 17.8 Å². The number of carbonyl (C=O) groups excluding carboxylic acids is 2. The van der Waals surface area contributed by atoms with E-state index in [9.17, 15) is 9.59 Å². The van der Waals surface area contributed by atoms with Crippen molar-refractivity contribution in [2.75, 3.05) is 12.4 Å². The Morgan fingerprint density at radius 2 is 1.70 bits per heavy atom. The van der Waals surface area contributed by atoms with E-state index in [1.165, 1.54) is 7.11 Å². The van der Waals surface area contributed by atoms with E-state index in [0.29, 0.717) is 11.6 Å². The summed E-state index contributed by atoms with van der Waals surface area (Å²) in [6.07, 6.45) is 1.32. The monoisotopic (exact) mass is 320 g/mol. The van der Waals surface area contributed by atoms with Crippen molar-refractivity contribution in [3.8, 4) is 0 Å². The van der Waals surface area contributed by atoms with E-state index in [4.69, 9.17) is 4.74 Å². The van der Waals surface area contributed by atoms with Crippen LogP contribution in [0.2, 0.25) is 0 Å². The maximum Gasteiger partial charge on any atom is 0.407 e. The third kappa shape index (κ3) is 5.16. The summed E-state index contributed by atoms with van der Waals surface area (Å²) in [6, 6.07) is 7.59. The molecule has 1 aromatic carbocycles. The third-order valence-electron chi connectivity index (χ3n) is 3.54. The van der Waals surface area contributed by atoms with Crippen molar-refractivity contribution in [3.63, 3.8) is 0 Å². The molecule has 1 aromatic rings. The van der Waals surface area contributed by atoms with Crippen LogP contribution in [0.25, 0.3) is 0 Å². The second-order valence-electron chi connectivity index (χ2n) is 6.72. The van der Waals surface area contributed by atoms with Crippen molar-refractivity contribution in [1.82, 2.24) is 5.32 Å². The van der Waals surface area contributed by atoms with Crippen LogP contribution < -0.4 is 10.6 Å². The number of hydrogen-bond acceptors (Lipinski definition) is 5. The molecule has 126 valence electrons. The summed E-state index contributed by atoms with van der Waals surface area (Å²) in [5.74, 6) is -0.346. The van der Waals surface area contributed by atoms with Crippen LogP contribution in [0.1, 0.15) is 44.0 Å². The summed E-state index contributed by atoms with van der Waals surface area (Å²) in [5.41, 5.74) is 0.988. The van der Waals surface area contributed by atoms with Gasteiger partial charge in [0.05, 0.1) is 12.7 Å². The average molecular weight is 320 g/mol. The topological polar surface area (TPSA) is 76.7 Å². The van der Waals surface area contributed by atoms with Crippen LogP contribution in [0, 0.1) is 0 Å². The molecule has 0 unspecified atom stereocenters. The van der Waals surface area contributed by atoms with Crippen LogP contribution in [0.4, 0.5) is 10.5 Å². The van der Waals surface area contributed by atoms with Gasteiger partial charge in [-0.15, -0.1) is 0 Å². The van der Waals surface area contributed by atoms with Gasteiger partial charge in [-0.1, -0.05) is 0 Å². The zero-order valence-corrected chi connectivity index (χ0v) is 14.0. The molecule has 6 heteroatoms. The number of esters is 1. The van der Waals surface area contributed by atoms with Gasteiger partial charge in [0.2, 0.25) is 0 Å². The first-order valence-electron chi connectivity index (χ1n) is 7.71. The Hall–Kier alpha value is -2.24. The lowest BCUT2D eigenvalue weighted by molar-refractivity contribution is 0.0475. The molecule has 0 bridgehead atoms. The summed E-state index contributed by atoms with van der Waals surface area (Å²) in [6.45, 7) is 5.53. The molecule has 0 atom stereocenters. The van der Waals surface area contributed by atoms with Crippen molar-refractivity contribution in [2.24, 2.45) is 0 Å². The highest BCUT2D eigenvalue weighted by Gasteiger charge is 2.31. The van der Waals surface area contributed by atoms with E-state index in [-0.39, 0.29) is 18.1 Å². The molecule has 0 spiro atoms. The molecule has 0 aromatic heterocycles. The van der Waals surface area contributed by atoms with E-state index >= 15 is 0 Å². The molecule has 23 heavy (non-hydrogen) atoms. The van der Waals surface area contributed by atoms with Gasteiger partial charge in [-0.2, -0.15) is 0 Å². The fourth-order valence-electron chi connectivity index (χ4n) is 2.38. The van der Waals surface area contributed by atoms with Gasteiger partial charge in [-0.05, 0) is 57.9 Å². The van der Waals surface area contributed by atoms with E-state index in [1.807, 2.05) is 32.9 Å². The Balaban J connectivity index is 1.74. The van der Waals surface area contributed by atoms with Crippen LogP contribution >= 0.6 is 0 Å². The molecule has 0 aliphatic heterocycles. The van der Waals surface area contributed by atoms with Gasteiger partial charge in [-0.3, -0.25) is 0 Å². The lowest BCUT2D eigenvalue weighted by Crippen LogP contribution is -2.50. The fraction of sp³-hybridized carbons (Fsp3) is 0.529. The number of benzene rings is 1. The number of anilines is 1. The van der Waals surface area contributed by atoms with Crippen molar-refractivity contribution >= 4 is 17.7 Å². The molecule has 1 aliphatic carbocycles. The molecule has 1 fully saturated rings. The van der Waals surface area contributed by atoms with Crippen LogP contribution in [-0.2, 0) is 9.47 Å². The van der Waals surface area contributed by atoms with E-state index in [2.05, 4.69) is 15.4 Å². The zero-order chi connectivity index (χ0) is 17.0. The van der Waals surface area contributed by atoms with E-state index in [1.54, 1.807) is 12.1 Å². The molecular formula is C17H24N2O4. The Morgan fingerprint density at radius 3 is 2.22 bits per heavy atom. The summed E-state index contributed by atoms with van der Waals surface area (Å²) in [5, 5.41) is 6.23. The molecule has 2 N–H and O–H groups in total. The summed E-state index contributed by atoms with van der Waals surface area (Å²) < 4.78 is 9.89. The normalized spacial score (nSPS) is 20.2. The smallest absolute Gasteiger partial charge is 0.407 e. The van der Waals surface area contributed by atoms with Gasteiger partial charge in [0.25, 0.3) is 0 Å². The molecule has 0 radical (unpaired) electrons. The molecule has 1 saturated carbocycles. The number of amides is 1. The number of ether oxygens (including phenoxy) is 2. The minimum atomic E-state index is -0.479. The standard InChI is InChI=1S/C17H24N2O4/c1-17(2,3)23-16(21)19-14-9-13(10-14)18-12-7-5-11(6-8-12)15(20)22-4/h5-8,13-14,18H,9-10H2,1-4H3,(H,19,21). The molecule has 2 rings (SSSR count). The lowest BCUT2D eigenvalue weighted by atomic mass is 9.86. The highest BCUT2D eigenvalue weighted by atomic mass is 16.6. The predicted octanol–water partition coefficient (Wildman–Crippen LogP) is 2.94. The van der Waals surface area contributed by atoms with Gasteiger partial charge in [-0.25, -0.2) is 9.59 Å². The predicted molar refractivity (Wildman–Crippen MR) is 87.6 cm³/mol. The first-order chi connectivity index (χ1) is 10.8. The number of alkyl carbamates (subject to hydrolysis) is 1. The van der Waals surface area contributed by atoms with Crippen LogP contribution in [-0.4, -0.2) is 36.9 Å². The second-order valence-corrected chi connectivity index (χ2v) is 6.72. The second kappa shape index (κ2) is 6.89. The maximum absolute atomic E-state index is 11.7. The van der Waals surface area contributed by atoms with Crippen LogP contribution in [0.15, 0.2) is 24.3 Å². The third-order valence-corrected chi connectivity index (χ3v) is 3.54. The zero-order valence-electron chi connectivity index (χ0n) is 14.0. The molecular weight excluding hydrogens is 296 g/mol. The Bertz CT molecular complexity index is 557. The van der Waals surface area contributed by atoms with Crippen molar-refractivity contribution in [3.05, 3.63) is 29.8 Å². The summed E-state index contributed by atoms with van der Waals surface area (Å²) >= 11 is 0. The van der Waals surface area contributed by atoms with Crippen molar-refractivity contribution in [1.29, 1.82) is 0 Å². The molecule has 0 saturated heterocycles. The number of carbonyl (C=O) groups is 2. The van der Waals surface area contributed by atoms with E-state index in [0.717, 1.165) is 18.5 Å². The van der Waals surface area contributed by atoms with Crippen molar-refractivity contribution in [2.45, 2.75) is 51.3 Å². The van der Waals surface area contributed by atoms with Gasteiger partial charge < -0.3 is 20.1 Å². The molecule has 0 heterocycles. The van der Waals surface area contributed by atoms with E-state index < -0.39 is 5.60 Å². The number of methoxy groups -OCH3 is 1. The lowest BCUT2D eigenvalue weighted by Gasteiger charge is -2.37. The Morgan fingerprint density at radius 1 is 1.09 bits per heavy atom. The largest absolute Gasteiger partial charge is 0.465 e. The highest BCUT2D eigenvalue weighted by molar-refractivity contribution is 5.89. The summed E-state index contributed by atoms with van der Waals surface area (Å²) in [4.78, 5) is 23.0. The first-order valence-corrected chi connectivity index (χ1v) is 7.71.